The Morgan fingerprint density at radius 2 is 2.11 bits per heavy atom. The maximum absolute atomic E-state index is 13.6. The van der Waals surface area contributed by atoms with E-state index in [-0.39, 0.29) is 11.6 Å². The van der Waals surface area contributed by atoms with Crippen molar-refractivity contribution < 1.29 is 22.3 Å². The fourth-order valence-electron chi connectivity index (χ4n) is 1.33. The van der Waals surface area contributed by atoms with Crippen molar-refractivity contribution in [3.8, 4) is 0 Å². The van der Waals surface area contributed by atoms with Crippen molar-refractivity contribution in [2.45, 2.75) is 11.8 Å². The van der Waals surface area contributed by atoms with Crippen LogP contribution in [0, 0.1) is 5.82 Å². The number of carbonyl (C=O) groups is 1. The molecule has 1 aromatic rings. The third-order valence-corrected chi connectivity index (χ3v) is 4.31. The molecule has 0 atom stereocenters. The second kappa shape index (κ2) is 6.31. The van der Waals surface area contributed by atoms with Gasteiger partial charge in [-0.05, 0) is 25.1 Å². The summed E-state index contributed by atoms with van der Waals surface area (Å²) in [4.78, 5) is 10.7. The van der Waals surface area contributed by atoms with Crippen LogP contribution in [0.15, 0.2) is 23.1 Å². The lowest BCUT2D eigenvalue weighted by atomic mass is 10.3. The van der Waals surface area contributed by atoms with Gasteiger partial charge in [-0.2, -0.15) is 4.31 Å². The Hall–Kier alpha value is -1.18. The third kappa shape index (κ3) is 3.89. The molecular weight excluding hydrogens is 297 g/mol. The van der Waals surface area contributed by atoms with Gasteiger partial charge >= 0.3 is 5.97 Å². The predicted octanol–water partition coefficient (Wildman–Crippen LogP) is 1.66. The molecular formula is C11H13ClFNO4S. The van der Waals surface area contributed by atoms with Gasteiger partial charge in [-0.1, -0.05) is 11.6 Å². The largest absolute Gasteiger partial charge is 0.465 e. The fourth-order valence-corrected chi connectivity index (χ4v) is 2.64. The number of hydrogen-bond donors (Lipinski definition) is 0. The van der Waals surface area contributed by atoms with E-state index >= 15 is 0 Å². The molecule has 19 heavy (non-hydrogen) atoms. The number of benzene rings is 1. The highest BCUT2D eigenvalue weighted by atomic mass is 35.5. The summed E-state index contributed by atoms with van der Waals surface area (Å²) in [7, 11) is -2.93. The zero-order chi connectivity index (χ0) is 14.6. The minimum Gasteiger partial charge on any atom is -0.465 e. The highest BCUT2D eigenvalue weighted by Gasteiger charge is 2.26. The molecule has 0 aliphatic rings. The Bertz CT molecular complexity index is 576. The van der Waals surface area contributed by atoms with Crippen molar-refractivity contribution in [1.82, 2.24) is 4.31 Å². The molecule has 5 nitrogen and oxygen atoms in total. The molecule has 0 amide bonds. The summed E-state index contributed by atoms with van der Waals surface area (Å²) >= 11 is 5.55. The Morgan fingerprint density at radius 1 is 1.47 bits per heavy atom. The number of rotatable bonds is 5. The summed E-state index contributed by atoms with van der Waals surface area (Å²) in [6, 6.07) is 3.21. The summed E-state index contributed by atoms with van der Waals surface area (Å²) < 4.78 is 43.0. The van der Waals surface area contributed by atoms with E-state index in [2.05, 4.69) is 4.74 Å². The van der Waals surface area contributed by atoms with Crippen LogP contribution in [-0.4, -0.2) is 38.9 Å². The third-order valence-electron chi connectivity index (χ3n) is 2.24. The van der Waals surface area contributed by atoms with Crippen LogP contribution in [-0.2, 0) is 19.6 Å². The number of carbonyl (C=O) groups excluding carboxylic acids is 1. The first kappa shape index (κ1) is 15.9. The molecule has 0 aliphatic heterocycles. The average molecular weight is 310 g/mol. The van der Waals surface area contributed by atoms with Gasteiger partial charge in [0.05, 0.1) is 6.61 Å². The first-order valence-corrected chi connectivity index (χ1v) is 7.18. The predicted molar refractivity (Wildman–Crippen MR) is 67.9 cm³/mol. The van der Waals surface area contributed by atoms with Crippen molar-refractivity contribution in [3.05, 3.63) is 29.0 Å². The zero-order valence-corrected chi connectivity index (χ0v) is 12.0. The standard InChI is InChI=1S/C11H13ClFNO4S/c1-3-18-11(15)7-14(2)19(16,17)10-5-4-8(12)6-9(10)13/h4-6H,3,7H2,1-2H3. The van der Waals surface area contributed by atoms with Crippen molar-refractivity contribution in [3.63, 3.8) is 0 Å². The highest BCUT2D eigenvalue weighted by molar-refractivity contribution is 7.89. The molecule has 0 aromatic heterocycles. The normalized spacial score (nSPS) is 11.6. The molecule has 0 N–H and O–H groups in total. The maximum Gasteiger partial charge on any atom is 0.321 e. The first-order chi connectivity index (χ1) is 8.78. The lowest BCUT2D eigenvalue weighted by molar-refractivity contribution is -0.143. The number of likely N-dealkylation sites (N-methyl/N-ethyl adjacent to an activating group) is 1. The van der Waals surface area contributed by atoms with Gasteiger partial charge in [0.1, 0.15) is 17.3 Å². The van der Waals surface area contributed by atoms with Gasteiger partial charge in [0.15, 0.2) is 0 Å². The van der Waals surface area contributed by atoms with E-state index < -0.39 is 33.3 Å². The molecule has 0 spiro atoms. The fraction of sp³-hybridized carbons (Fsp3) is 0.364. The van der Waals surface area contributed by atoms with E-state index in [9.17, 15) is 17.6 Å². The molecule has 0 radical (unpaired) electrons. The van der Waals surface area contributed by atoms with E-state index in [4.69, 9.17) is 11.6 Å². The van der Waals surface area contributed by atoms with Gasteiger partial charge in [0.2, 0.25) is 10.0 Å². The van der Waals surface area contributed by atoms with Crippen LogP contribution >= 0.6 is 11.6 Å². The molecule has 0 bridgehead atoms. The monoisotopic (exact) mass is 309 g/mol. The summed E-state index contributed by atoms with van der Waals surface area (Å²) in [6.45, 7) is 1.26. The molecule has 0 unspecified atom stereocenters. The Kier molecular flexibility index (Phi) is 5.28. The Morgan fingerprint density at radius 3 is 2.63 bits per heavy atom. The Labute approximate surface area is 116 Å². The van der Waals surface area contributed by atoms with Crippen LogP contribution in [0.25, 0.3) is 0 Å². The van der Waals surface area contributed by atoms with Crippen LogP contribution in [0.1, 0.15) is 6.92 Å². The molecule has 1 aromatic carbocycles. The molecule has 0 saturated heterocycles. The highest BCUT2D eigenvalue weighted by Crippen LogP contribution is 2.21. The quantitative estimate of drug-likeness (QED) is 0.776. The topological polar surface area (TPSA) is 63.7 Å². The minimum atomic E-state index is -4.10. The molecule has 0 aliphatic carbocycles. The number of esters is 1. The average Bonchev–Trinajstić information content (AvgIpc) is 2.28. The number of ether oxygens (including phenoxy) is 1. The molecule has 0 fully saturated rings. The van der Waals surface area contributed by atoms with Crippen molar-refractivity contribution in [2.75, 3.05) is 20.2 Å². The van der Waals surface area contributed by atoms with Gasteiger partial charge in [0.25, 0.3) is 0 Å². The van der Waals surface area contributed by atoms with E-state index in [0.717, 1.165) is 16.4 Å². The number of sulfonamides is 1. The smallest absolute Gasteiger partial charge is 0.321 e. The van der Waals surface area contributed by atoms with Crippen LogP contribution < -0.4 is 0 Å². The second-order valence-corrected chi connectivity index (χ2v) is 6.09. The lowest BCUT2D eigenvalue weighted by Gasteiger charge is -2.16. The van der Waals surface area contributed by atoms with Crippen LogP contribution in [0.4, 0.5) is 4.39 Å². The number of hydrogen-bond acceptors (Lipinski definition) is 4. The summed E-state index contributed by atoms with van der Waals surface area (Å²) in [5.74, 6) is -1.67. The van der Waals surface area contributed by atoms with Crippen LogP contribution in [0.2, 0.25) is 5.02 Å². The van der Waals surface area contributed by atoms with E-state index in [1.54, 1.807) is 6.92 Å². The first-order valence-electron chi connectivity index (χ1n) is 5.36. The summed E-state index contributed by atoms with van der Waals surface area (Å²) in [6.07, 6.45) is 0. The summed E-state index contributed by atoms with van der Waals surface area (Å²) in [5.41, 5.74) is 0. The second-order valence-electron chi connectivity index (χ2n) is 3.64. The number of nitrogens with zero attached hydrogens (tertiary/aromatic N) is 1. The van der Waals surface area contributed by atoms with Gasteiger partial charge < -0.3 is 4.74 Å². The summed E-state index contributed by atoms with van der Waals surface area (Å²) in [5, 5.41) is 0.0875. The van der Waals surface area contributed by atoms with Crippen molar-refractivity contribution in [1.29, 1.82) is 0 Å². The van der Waals surface area contributed by atoms with Crippen molar-refractivity contribution in [2.24, 2.45) is 0 Å². The maximum atomic E-state index is 13.6. The van der Waals surface area contributed by atoms with E-state index in [1.165, 1.54) is 13.1 Å². The SMILES string of the molecule is CCOC(=O)CN(C)S(=O)(=O)c1ccc(Cl)cc1F. The molecule has 0 heterocycles. The van der Waals surface area contributed by atoms with Gasteiger partial charge in [-0.3, -0.25) is 4.79 Å². The molecule has 8 heteroatoms. The number of halogens is 2. The van der Waals surface area contributed by atoms with Gasteiger partial charge in [0, 0.05) is 12.1 Å². The molecule has 1 rings (SSSR count). The van der Waals surface area contributed by atoms with E-state index in [1.807, 2.05) is 0 Å². The van der Waals surface area contributed by atoms with Gasteiger partial charge in [-0.15, -0.1) is 0 Å². The Balaban J connectivity index is 3.00. The van der Waals surface area contributed by atoms with Crippen molar-refractivity contribution >= 4 is 27.6 Å². The van der Waals surface area contributed by atoms with E-state index in [0.29, 0.717) is 0 Å². The lowest BCUT2D eigenvalue weighted by Crippen LogP contribution is -2.33. The zero-order valence-electron chi connectivity index (χ0n) is 10.4. The van der Waals surface area contributed by atoms with Crippen LogP contribution in [0.3, 0.4) is 0 Å². The van der Waals surface area contributed by atoms with Crippen LogP contribution in [0.5, 0.6) is 0 Å². The van der Waals surface area contributed by atoms with Gasteiger partial charge in [-0.25, -0.2) is 12.8 Å². The molecule has 0 saturated carbocycles. The molecule has 106 valence electrons. The minimum absolute atomic E-state index is 0.0875.